The molecular formula is C8H8Br2N2O2. The molecule has 0 aliphatic rings. The average molecular weight is 324 g/mol. The van der Waals surface area contributed by atoms with Gasteiger partial charge in [0.05, 0.1) is 5.69 Å². The third kappa shape index (κ3) is 2.97. The first-order chi connectivity index (χ1) is 6.65. The molecule has 1 amide bonds. The molecular weight excluding hydrogens is 316 g/mol. The van der Waals surface area contributed by atoms with Gasteiger partial charge in [-0.3, -0.25) is 15.6 Å². The standard InChI is InChI=1S/C8H8Br2N2O2/c9-5-2-1-3-6(10)8(5)12-11-7(14)4-13/h1-3,12-13H,4H2,(H,11,14). The molecule has 0 aromatic heterocycles. The summed E-state index contributed by atoms with van der Waals surface area (Å²) in [4.78, 5) is 10.8. The third-order valence-electron chi connectivity index (χ3n) is 1.43. The number of hydrogen-bond donors (Lipinski definition) is 3. The van der Waals surface area contributed by atoms with Crippen molar-refractivity contribution in [2.75, 3.05) is 12.0 Å². The fraction of sp³-hybridized carbons (Fsp3) is 0.125. The Morgan fingerprint density at radius 3 is 2.43 bits per heavy atom. The number of anilines is 1. The highest BCUT2D eigenvalue weighted by Crippen LogP contribution is 2.29. The molecule has 0 aliphatic carbocycles. The van der Waals surface area contributed by atoms with Gasteiger partial charge in [0.25, 0.3) is 5.91 Å². The average Bonchev–Trinajstić information content (AvgIpc) is 2.16. The predicted octanol–water partition coefficient (Wildman–Crippen LogP) is 1.65. The van der Waals surface area contributed by atoms with E-state index in [1.165, 1.54) is 0 Å². The van der Waals surface area contributed by atoms with Gasteiger partial charge in [-0.25, -0.2) is 0 Å². The summed E-state index contributed by atoms with van der Waals surface area (Å²) in [6, 6.07) is 5.52. The maximum absolute atomic E-state index is 10.8. The number of para-hydroxylation sites is 1. The summed E-state index contributed by atoms with van der Waals surface area (Å²) in [6.07, 6.45) is 0. The number of aliphatic hydroxyl groups excluding tert-OH is 1. The van der Waals surface area contributed by atoms with E-state index in [0.717, 1.165) is 8.95 Å². The summed E-state index contributed by atoms with van der Waals surface area (Å²) in [7, 11) is 0. The van der Waals surface area contributed by atoms with Crippen LogP contribution in [0.2, 0.25) is 0 Å². The van der Waals surface area contributed by atoms with Crippen LogP contribution in [0.5, 0.6) is 0 Å². The molecule has 6 heteroatoms. The van der Waals surface area contributed by atoms with Gasteiger partial charge >= 0.3 is 0 Å². The highest BCUT2D eigenvalue weighted by atomic mass is 79.9. The van der Waals surface area contributed by atoms with E-state index in [9.17, 15) is 4.79 Å². The molecule has 0 radical (unpaired) electrons. The van der Waals surface area contributed by atoms with E-state index in [1.807, 2.05) is 18.2 Å². The van der Waals surface area contributed by atoms with Crippen LogP contribution in [0.15, 0.2) is 27.1 Å². The summed E-state index contributed by atoms with van der Waals surface area (Å²) in [5.41, 5.74) is 5.71. The molecule has 0 spiro atoms. The van der Waals surface area contributed by atoms with Crippen LogP contribution in [-0.4, -0.2) is 17.6 Å². The van der Waals surface area contributed by atoms with Gasteiger partial charge in [0.15, 0.2) is 0 Å². The zero-order chi connectivity index (χ0) is 10.6. The van der Waals surface area contributed by atoms with E-state index < -0.39 is 12.5 Å². The Morgan fingerprint density at radius 2 is 1.93 bits per heavy atom. The summed E-state index contributed by atoms with van der Waals surface area (Å²) in [5, 5.41) is 8.48. The highest BCUT2D eigenvalue weighted by molar-refractivity contribution is 9.11. The van der Waals surface area contributed by atoms with Crippen LogP contribution >= 0.6 is 31.9 Å². The number of hydrazine groups is 1. The van der Waals surface area contributed by atoms with Crippen molar-refractivity contribution in [2.45, 2.75) is 0 Å². The number of benzene rings is 1. The zero-order valence-electron chi connectivity index (χ0n) is 7.05. The minimum atomic E-state index is -0.547. The Labute approximate surface area is 97.9 Å². The first-order valence-corrected chi connectivity index (χ1v) is 5.33. The fourth-order valence-corrected chi connectivity index (χ4v) is 1.99. The monoisotopic (exact) mass is 322 g/mol. The topological polar surface area (TPSA) is 61.4 Å². The minimum absolute atomic E-state index is 0.493. The first-order valence-electron chi connectivity index (χ1n) is 3.75. The molecule has 76 valence electrons. The predicted molar refractivity (Wildman–Crippen MR) is 60.7 cm³/mol. The van der Waals surface area contributed by atoms with Gasteiger partial charge in [-0.05, 0) is 44.0 Å². The maximum atomic E-state index is 10.8. The van der Waals surface area contributed by atoms with Gasteiger partial charge in [-0.2, -0.15) is 0 Å². The van der Waals surface area contributed by atoms with Gasteiger partial charge in [-0.15, -0.1) is 0 Å². The van der Waals surface area contributed by atoms with E-state index in [0.29, 0.717) is 5.69 Å². The summed E-state index contributed by atoms with van der Waals surface area (Å²) in [5.74, 6) is -0.493. The molecule has 0 aliphatic heterocycles. The lowest BCUT2D eigenvalue weighted by atomic mass is 10.3. The molecule has 0 bridgehead atoms. The van der Waals surface area contributed by atoms with E-state index in [-0.39, 0.29) is 0 Å². The normalized spacial score (nSPS) is 9.64. The van der Waals surface area contributed by atoms with Crippen molar-refractivity contribution in [1.29, 1.82) is 0 Å². The molecule has 14 heavy (non-hydrogen) atoms. The van der Waals surface area contributed by atoms with E-state index in [2.05, 4.69) is 42.7 Å². The molecule has 0 saturated heterocycles. The van der Waals surface area contributed by atoms with Crippen molar-refractivity contribution in [3.63, 3.8) is 0 Å². The van der Waals surface area contributed by atoms with Crippen LogP contribution in [0.3, 0.4) is 0 Å². The number of carbonyl (C=O) groups excluding carboxylic acids is 1. The van der Waals surface area contributed by atoms with Crippen molar-refractivity contribution >= 4 is 43.5 Å². The second-order valence-corrected chi connectivity index (χ2v) is 4.14. The molecule has 0 saturated carbocycles. The number of aliphatic hydroxyl groups is 1. The maximum Gasteiger partial charge on any atom is 0.263 e. The Balaban J connectivity index is 2.71. The Bertz CT molecular complexity index is 324. The molecule has 1 rings (SSSR count). The molecule has 3 N–H and O–H groups in total. The van der Waals surface area contributed by atoms with E-state index >= 15 is 0 Å². The number of rotatable bonds is 3. The van der Waals surface area contributed by atoms with Crippen LogP contribution in [0.1, 0.15) is 0 Å². The largest absolute Gasteiger partial charge is 0.386 e. The second kappa shape index (κ2) is 5.33. The number of amides is 1. The second-order valence-electron chi connectivity index (χ2n) is 2.43. The zero-order valence-corrected chi connectivity index (χ0v) is 10.2. The van der Waals surface area contributed by atoms with Crippen molar-refractivity contribution < 1.29 is 9.90 Å². The third-order valence-corrected chi connectivity index (χ3v) is 2.75. The lowest BCUT2D eigenvalue weighted by Gasteiger charge is -2.10. The van der Waals surface area contributed by atoms with Crippen molar-refractivity contribution in [3.05, 3.63) is 27.1 Å². The Hall–Kier alpha value is -0.590. The molecule has 0 heterocycles. The summed E-state index contributed by atoms with van der Waals surface area (Å²) < 4.78 is 1.62. The summed E-state index contributed by atoms with van der Waals surface area (Å²) >= 11 is 6.63. The Kier molecular flexibility index (Phi) is 4.37. The van der Waals surface area contributed by atoms with E-state index in [4.69, 9.17) is 5.11 Å². The van der Waals surface area contributed by atoms with Gasteiger partial charge < -0.3 is 5.11 Å². The molecule has 0 atom stereocenters. The van der Waals surface area contributed by atoms with Crippen LogP contribution in [0.4, 0.5) is 5.69 Å². The lowest BCUT2D eigenvalue weighted by molar-refractivity contribution is -0.123. The van der Waals surface area contributed by atoms with Crippen molar-refractivity contribution in [2.24, 2.45) is 0 Å². The van der Waals surface area contributed by atoms with Crippen molar-refractivity contribution in [1.82, 2.24) is 5.43 Å². The van der Waals surface area contributed by atoms with E-state index in [1.54, 1.807) is 0 Å². The van der Waals surface area contributed by atoms with Gasteiger partial charge in [0.1, 0.15) is 6.61 Å². The lowest BCUT2D eigenvalue weighted by Crippen LogP contribution is -2.31. The highest BCUT2D eigenvalue weighted by Gasteiger charge is 2.04. The molecule has 0 fully saturated rings. The first kappa shape index (κ1) is 11.5. The quantitative estimate of drug-likeness (QED) is 0.741. The summed E-state index contributed by atoms with van der Waals surface area (Å²) in [6.45, 7) is -0.547. The number of nitrogens with one attached hydrogen (secondary N) is 2. The number of hydrogen-bond acceptors (Lipinski definition) is 3. The van der Waals surface area contributed by atoms with Gasteiger partial charge in [0, 0.05) is 8.95 Å². The van der Waals surface area contributed by atoms with Gasteiger partial charge in [0.2, 0.25) is 0 Å². The molecule has 0 unspecified atom stereocenters. The molecule has 1 aromatic rings. The SMILES string of the molecule is O=C(CO)NNc1c(Br)cccc1Br. The van der Waals surface area contributed by atoms with Gasteiger partial charge in [-0.1, -0.05) is 6.07 Å². The van der Waals surface area contributed by atoms with Crippen LogP contribution in [-0.2, 0) is 4.79 Å². The number of carbonyl (C=O) groups is 1. The molecule has 1 aromatic carbocycles. The number of halogens is 2. The van der Waals surface area contributed by atoms with Crippen LogP contribution < -0.4 is 10.9 Å². The fourth-order valence-electron chi connectivity index (χ4n) is 0.789. The van der Waals surface area contributed by atoms with Crippen molar-refractivity contribution in [3.8, 4) is 0 Å². The molecule has 4 nitrogen and oxygen atoms in total. The van der Waals surface area contributed by atoms with Crippen LogP contribution in [0, 0.1) is 0 Å². The van der Waals surface area contributed by atoms with Crippen LogP contribution in [0.25, 0.3) is 0 Å². The Morgan fingerprint density at radius 1 is 1.36 bits per heavy atom. The minimum Gasteiger partial charge on any atom is -0.386 e. The smallest absolute Gasteiger partial charge is 0.263 e.